The molecule has 2 aliphatic heterocycles. The van der Waals surface area contributed by atoms with Crippen LogP contribution in [0.1, 0.15) is 39.2 Å². The number of nitrogens with one attached hydrogen (secondary N) is 1. The molecule has 0 aromatic heterocycles. The minimum absolute atomic E-state index is 0.0814. The number of benzene rings is 1. The largest absolute Gasteiger partial charge is 0.493 e. The Balaban J connectivity index is 2.07. The maximum atomic E-state index is 13.0. The highest BCUT2D eigenvalue weighted by molar-refractivity contribution is 7.89. The standard InChI is InChI=1S/C22H30N4O5S/c1-6-8-17-20-19(14(3)23-17)22(27)25-21(24-20)16-13-15(9-10-18(16)31-7-2)32(28,29)26(4)11-12-30-5/h9-10,13,20H,6-8,11-12H2,1-5H3,(H,24,25,27). The Hall–Kier alpha value is -2.56. The predicted molar refractivity (Wildman–Crippen MR) is 123 cm³/mol. The smallest absolute Gasteiger partial charge is 0.257 e. The third-order valence-corrected chi connectivity index (χ3v) is 7.21. The monoisotopic (exact) mass is 462 g/mol. The van der Waals surface area contributed by atoms with E-state index in [4.69, 9.17) is 14.5 Å². The van der Waals surface area contributed by atoms with Crippen molar-refractivity contribution in [3.63, 3.8) is 0 Å². The minimum Gasteiger partial charge on any atom is -0.493 e. The van der Waals surface area contributed by atoms with Crippen LogP contribution in [0.2, 0.25) is 0 Å². The normalized spacial score (nSPS) is 18.4. The number of amidine groups is 1. The highest BCUT2D eigenvalue weighted by Gasteiger charge is 2.37. The molecule has 0 saturated carbocycles. The highest BCUT2D eigenvalue weighted by Crippen LogP contribution is 2.31. The van der Waals surface area contributed by atoms with Crippen molar-refractivity contribution in [1.29, 1.82) is 0 Å². The fraction of sp³-hybridized carbons (Fsp3) is 0.500. The van der Waals surface area contributed by atoms with Gasteiger partial charge in [0.15, 0.2) is 0 Å². The molecule has 0 fully saturated rings. The first kappa shape index (κ1) is 24.1. The molecule has 32 heavy (non-hydrogen) atoms. The van der Waals surface area contributed by atoms with E-state index in [1.807, 2.05) is 13.8 Å². The number of methoxy groups -OCH3 is 1. The van der Waals surface area contributed by atoms with E-state index in [2.05, 4.69) is 10.3 Å². The first-order valence-corrected chi connectivity index (χ1v) is 12.1. The Morgan fingerprint density at radius 3 is 2.66 bits per heavy atom. The van der Waals surface area contributed by atoms with Gasteiger partial charge in [-0.15, -0.1) is 0 Å². The summed E-state index contributed by atoms with van der Waals surface area (Å²) in [5.41, 5.74) is 2.47. The second kappa shape index (κ2) is 9.93. The molecular formula is C22H30N4O5S. The molecule has 3 rings (SSSR count). The highest BCUT2D eigenvalue weighted by atomic mass is 32.2. The lowest BCUT2D eigenvalue weighted by Gasteiger charge is -2.24. The van der Waals surface area contributed by atoms with Crippen LogP contribution >= 0.6 is 0 Å². The first-order chi connectivity index (χ1) is 15.2. The predicted octanol–water partition coefficient (Wildman–Crippen LogP) is 2.13. The number of carbonyl (C=O) groups excluding carboxylic acids is 1. The summed E-state index contributed by atoms with van der Waals surface area (Å²) >= 11 is 0. The number of nitrogens with zero attached hydrogens (tertiary/aromatic N) is 3. The third-order valence-electron chi connectivity index (χ3n) is 5.36. The Kier molecular flexibility index (Phi) is 7.47. The molecule has 1 N–H and O–H groups in total. The van der Waals surface area contributed by atoms with E-state index in [1.54, 1.807) is 13.0 Å². The SMILES string of the molecule is CCCC1=NC(C)=C2C(=O)NC(c3cc(S(=O)(=O)N(C)CCOC)ccc3OCC)=NC12. The quantitative estimate of drug-likeness (QED) is 0.573. The number of rotatable bonds is 10. The van der Waals surface area contributed by atoms with Gasteiger partial charge in [0, 0.05) is 32.1 Å². The second-order valence-corrected chi connectivity index (χ2v) is 9.64. The fourth-order valence-electron chi connectivity index (χ4n) is 3.71. The van der Waals surface area contributed by atoms with Gasteiger partial charge in [0.2, 0.25) is 10.0 Å². The van der Waals surface area contributed by atoms with Crippen molar-refractivity contribution in [3.05, 3.63) is 35.0 Å². The third kappa shape index (κ3) is 4.62. The van der Waals surface area contributed by atoms with E-state index in [9.17, 15) is 13.2 Å². The summed E-state index contributed by atoms with van der Waals surface area (Å²) in [7, 11) is -0.753. The average Bonchev–Trinajstić information content (AvgIpc) is 3.08. The van der Waals surface area contributed by atoms with E-state index in [0.29, 0.717) is 29.2 Å². The molecule has 0 spiro atoms. The van der Waals surface area contributed by atoms with Gasteiger partial charge in [-0.05, 0) is 38.5 Å². The molecule has 1 atom stereocenters. The molecule has 1 aromatic rings. The van der Waals surface area contributed by atoms with Gasteiger partial charge in [0.25, 0.3) is 5.91 Å². The number of allylic oxidation sites excluding steroid dienone is 1. The summed E-state index contributed by atoms with van der Waals surface area (Å²) in [6.45, 7) is 6.56. The van der Waals surface area contributed by atoms with Crippen molar-refractivity contribution in [3.8, 4) is 5.75 Å². The van der Waals surface area contributed by atoms with Gasteiger partial charge in [-0.25, -0.2) is 8.42 Å². The zero-order valence-electron chi connectivity index (χ0n) is 19.1. The zero-order chi connectivity index (χ0) is 23.5. The summed E-state index contributed by atoms with van der Waals surface area (Å²) in [5, 5.41) is 2.81. The van der Waals surface area contributed by atoms with Crippen LogP contribution in [-0.4, -0.2) is 70.1 Å². The van der Waals surface area contributed by atoms with Crippen LogP contribution in [0.25, 0.3) is 0 Å². The summed E-state index contributed by atoms with van der Waals surface area (Å²) in [5.74, 6) is 0.448. The van der Waals surface area contributed by atoms with Crippen LogP contribution < -0.4 is 10.1 Å². The lowest BCUT2D eigenvalue weighted by molar-refractivity contribution is -0.116. The van der Waals surface area contributed by atoms with Crippen molar-refractivity contribution < 1.29 is 22.7 Å². The molecule has 0 aliphatic carbocycles. The number of fused-ring (bicyclic) bond motifs is 1. The summed E-state index contributed by atoms with van der Waals surface area (Å²) in [6, 6.07) is 4.12. The number of likely N-dealkylation sites (N-methyl/N-ethyl adjacent to an activating group) is 1. The number of hydrogen-bond donors (Lipinski definition) is 1. The van der Waals surface area contributed by atoms with Crippen LogP contribution in [0, 0.1) is 0 Å². The number of ether oxygens (including phenoxy) is 2. The van der Waals surface area contributed by atoms with Crippen molar-refractivity contribution in [2.75, 3.05) is 33.9 Å². The topological polar surface area (TPSA) is 110 Å². The van der Waals surface area contributed by atoms with Gasteiger partial charge in [-0.2, -0.15) is 4.31 Å². The fourth-order valence-corrected chi connectivity index (χ4v) is 4.89. The van der Waals surface area contributed by atoms with Crippen LogP contribution in [0.15, 0.2) is 44.3 Å². The van der Waals surface area contributed by atoms with Gasteiger partial charge in [-0.3, -0.25) is 14.8 Å². The molecule has 1 aromatic carbocycles. The zero-order valence-corrected chi connectivity index (χ0v) is 20.0. The van der Waals surface area contributed by atoms with Crippen LogP contribution in [0.4, 0.5) is 0 Å². The molecular weight excluding hydrogens is 432 g/mol. The van der Waals surface area contributed by atoms with Gasteiger partial charge in [0.1, 0.15) is 17.6 Å². The number of amides is 1. The lowest BCUT2D eigenvalue weighted by Crippen LogP contribution is -2.43. The van der Waals surface area contributed by atoms with Crippen molar-refractivity contribution >= 4 is 27.5 Å². The molecule has 2 aliphatic rings. The van der Waals surface area contributed by atoms with Crippen LogP contribution in [-0.2, 0) is 19.6 Å². The molecule has 0 bridgehead atoms. The van der Waals surface area contributed by atoms with Crippen molar-refractivity contribution in [1.82, 2.24) is 9.62 Å². The molecule has 0 radical (unpaired) electrons. The molecule has 1 amide bonds. The van der Waals surface area contributed by atoms with Crippen molar-refractivity contribution in [2.24, 2.45) is 9.98 Å². The Morgan fingerprint density at radius 1 is 1.25 bits per heavy atom. The molecule has 174 valence electrons. The van der Waals surface area contributed by atoms with Gasteiger partial charge in [-0.1, -0.05) is 13.3 Å². The van der Waals surface area contributed by atoms with E-state index >= 15 is 0 Å². The molecule has 1 unspecified atom stereocenters. The van der Waals surface area contributed by atoms with Gasteiger partial charge in [0.05, 0.1) is 29.2 Å². The number of sulfonamides is 1. The maximum Gasteiger partial charge on any atom is 0.257 e. The molecule has 9 nitrogen and oxygen atoms in total. The lowest BCUT2D eigenvalue weighted by atomic mass is 9.98. The Labute approximate surface area is 189 Å². The average molecular weight is 463 g/mol. The molecule has 2 heterocycles. The van der Waals surface area contributed by atoms with Crippen LogP contribution in [0.5, 0.6) is 5.75 Å². The number of hydrogen-bond acceptors (Lipinski definition) is 7. The van der Waals surface area contributed by atoms with E-state index < -0.39 is 16.1 Å². The van der Waals surface area contributed by atoms with E-state index in [1.165, 1.54) is 30.6 Å². The minimum atomic E-state index is -3.77. The van der Waals surface area contributed by atoms with Gasteiger partial charge >= 0.3 is 0 Å². The maximum absolute atomic E-state index is 13.0. The number of aliphatic imine (C=N–C) groups is 2. The molecule has 10 heteroatoms. The van der Waals surface area contributed by atoms with Crippen molar-refractivity contribution in [2.45, 2.75) is 44.6 Å². The Morgan fingerprint density at radius 2 is 2.00 bits per heavy atom. The van der Waals surface area contributed by atoms with E-state index in [0.717, 1.165) is 18.6 Å². The summed E-state index contributed by atoms with van der Waals surface area (Å²) < 4.78 is 38.0. The second-order valence-electron chi connectivity index (χ2n) is 7.60. The van der Waals surface area contributed by atoms with Crippen LogP contribution in [0.3, 0.4) is 0 Å². The van der Waals surface area contributed by atoms with Gasteiger partial charge < -0.3 is 14.8 Å². The summed E-state index contributed by atoms with van der Waals surface area (Å²) in [6.07, 6.45) is 1.61. The summed E-state index contributed by atoms with van der Waals surface area (Å²) in [4.78, 5) is 22.3. The van der Waals surface area contributed by atoms with E-state index in [-0.39, 0.29) is 29.8 Å². The molecule has 0 saturated heterocycles. The first-order valence-electron chi connectivity index (χ1n) is 10.6. The number of carbonyl (C=O) groups is 1. The Bertz CT molecular complexity index is 1090.